The number of pyridine rings is 1. The van der Waals surface area contributed by atoms with Crippen molar-refractivity contribution in [2.45, 2.75) is 69.3 Å². The fourth-order valence-corrected chi connectivity index (χ4v) is 7.24. The maximum atomic E-state index is 13.5. The fraction of sp³-hybridized carbons (Fsp3) is 0.520. The average molecular weight is 504 g/mol. The summed E-state index contributed by atoms with van der Waals surface area (Å²) in [4.78, 5) is 21.7. The molecule has 2 unspecified atom stereocenters. The number of hydrogen-bond donors (Lipinski definition) is 2. The Morgan fingerprint density at radius 2 is 1.80 bits per heavy atom. The van der Waals surface area contributed by atoms with Gasteiger partial charge in [-0.05, 0) is 92.8 Å². The van der Waals surface area contributed by atoms with E-state index >= 15 is 0 Å². The van der Waals surface area contributed by atoms with Crippen LogP contribution in [0.4, 0.5) is 0 Å². The summed E-state index contributed by atoms with van der Waals surface area (Å²) in [5.74, 6) is -0.344. The Hall–Kier alpha value is -2.53. The van der Waals surface area contributed by atoms with Crippen LogP contribution in [0.25, 0.3) is 0 Å². The first-order chi connectivity index (χ1) is 16.7. The number of nitrogens with one attached hydrogen (secondary N) is 1. The molecule has 4 rings (SSSR count). The van der Waals surface area contributed by atoms with Crippen LogP contribution in [-0.4, -0.2) is 60.8 Å². The van der Waals surface area contributed by atoms with Crippen LogP contribution in [0.1, 0.15) is 42.4 Å². The third-order valence-corrected chi connectivity index (χ3v) is 8.93. The number of carbonyl (C=O) groups is 1. The van der Waals surface area contributed by atoms with Gasteiger partial charge in [-0.2, -0.15) is 5.06 Å². The van der Waals surface area contributed by atoms with Crippen molar-refractivity contribution in [3.05, 3.63) is 53.3 Å². The quantitative estimate of drug-likeness (QED) is 0.561. The zero-order valence-corrected chi connectivity index (χ0v) is 21.1. The lowest BCUT2D eigenvalue weighted by Crippen LogP contribution is -2.48. The summed E-state index contributed by atoms with van der Waals surface area (Å²) in [5, 5.41) is 14.0. The minimum Gasteiger partial charge on any atom is -0.497 e. The molecule has 1 saturated heterocycles. The number of aryl methyl sites for hydroxylation is 2. The molecule has 2 atom stereocenters. The summed E-state index contributed by atoms with van der Waals surface area (Å²) >= 11 is 0. The van der Waals surface area contributed by atoms with Crippen molar-refractivity contribution in [2.75, 3.05) is 12.9 Å². The number of benzene rings is 1. The van der Waals surface area contributed by atoms with Crippen molar-refractivity contribution in [3.8, 4) is 5.75 Å². The Labute approximate surface area is 206 Å². The lowest BCUT2D eigenvalue weighted by atomic mass is 9.82. The molecular weight excluding hydrogens is 470 g/mol. The SMILES string of the molecule is COc1cc(C)c(S(=O)(=O)CC2NC(C(=O)O)ON2C2CCC(Cc3ccncc3)CC2)c(C)c1. The second-order valence-electron chi connectivity index (χ2n) is 9.47. The summed E-state index contributed by atoms with van der Waals surface area (Å²) in [5.41, 5.74) is 2.44. The van der Waals surface area contributed by atoms with Gasteiger partial charge in [-0.25, -0.2) is 13.2 Å². The number of hydrogen-bond acceptors (Lipinski definition) is 8. The second-order valence-corrected chi connectivity index (χ2v) is 11.4. The molecule has 1 aliphatic heterocycles. The van der Waals surface area contributed by atoms with E-state index in [-0.39, 0.29) is 16.7 Å². The molecule has 35 heavy (non-hydrogen) atoms. The number of carboxylic acid groups (broad SMARTS) is 1. The molecule has 1 saturated carbocycles. The Morgan fingerprint density at radius 1 is 1.17 bits per heavy atom. The van der Waals surface area contributed by atoms with Crippen molar-refractivity contribution in [1.82, 2.24) is 15.4 Å². The zero-order chi connectivity index (χ0) is 25.2. The van der Waals surface area contributed by atoms with Crippen LogP contribution in [0.15, 0.2) is 41.6 Å². The van der Waals surface area contributed by atoms with Crippen molar-refractivity contribution in [3.63, 3.8) is 0 Å². The van der Waals surface area contributed by atoms with Gasteiger partial charge in [0.1, 0.15) is 11.9 Å². The molecule has 0 bridgehead atoms. The number of nitrogens with zero attached hydrogens (tertiary/aromatic N) is 2. The molecule has 1 aromatic heterocycles. The Bertz CT molecular complexity index is 1130. The third kappa shape index (κ3) is 5.83. The molecule has 10 heteroatoms. The fourth-order valence-electron chi connectivity index (χ4n) is 5.32. The predicted molar refractivity (Wildman–Crippen MR) is 129 cm³/mol. The summed E-state index contributed by atoms with van der Waals surface area (Å²) in [6, 6.07) is 7.39. The monoisotopic (exact) mass is 503 g/mol. The molecular formula is C25H33N3O6S. The van der Waals surface area contributed by atoms with Gasteiger partial charge in [-0.1, -0.05) is 0 Å². The summed E-state index contributed by atoms with van der Waals surface area (Å²) in [6.07, 6.45) is 6.07. The largest absolute Gasteiger partial charge is 0.497 e. The number of aromatic nitrogens is 1. The van der Waals surface area contributed by atoms with Gasteiger partial charge in [0.15, 0.2) is 9.84 Å². The number of sulfone groups is 1. The molecule has 1 aromatic carbocycles. The van der Waals surface area contributed by atoms with Crippen molar-refractivity contribution in [1.29, 1.82) is 0 Å². The molecule has 190 valence electrons. The van der Waals surface area contributed by atoms with Crippen LogP contribution in [0.3, 0.4) is 0 Å². The van der Waals surface area contributed by atoms with Crippen LogP contribution in [0, 0.1) is 19.8 Å². The van der Waals surface area contributed by atoms with Gasteiger partial charge < -0.3 is 9.84 Å². The predicted octanol–water partition coefficient (Wildman–Crippen LogP) is 2.86. The highest BCUT2D eigenvalue weighted by Crippen LogP contribution is 2.34. The Kier molecular flexibility index (Phi) is 7.75. The topological polar surface area (TPSA) is 118 Å². The maximum Gasteiger partial charge on any atom is 0.350 e. The Balaban J connectivity index is 1.48. The van der Waals surface area contributed by atoms with Crippen LogP contribution in [-0.2, 0) is 25.9 Å². The minimum absolute atomic E-state index is 0.0567. The van der Waals surface area contributed by atoms with Crippen LogP contribution < -0.4 is 10.1 Å². The molecule has 0 radical (unpaired) electrons. The second kappa shape index (κ2) is 10.6. The smallest absolute Gasteiger partial charge is 0.350 e. The van der Waals surface area contributed by atoms with E-state index in [9.17, 15) is 18.3 Å². The first-order valence-corrected chi connectivity index (χ1v) is 13.5. The van der Waals surface area contributed by atoms with Crippen molar-refractivity contribution in [2.24, 2.45) is 5.92 Å². The van der Waals surface area contributed by atoms with Crippen LogP contribution >= 0.6 is 0 Å². The minimum atomic E-state index is -3.74. The number of rotatable bonds is 8. The van der Waals surface area contributed by atoms with Crippen LogP contribution in [0.2, 0.25) is 0 Å². The third-order valence-electron chi connectivity index (χ3n) is 6.91. The lowest BCUT2D eigenvalue weighted by Gasteiger charge is -2.36. The van der Waals surface area contributed by atoms with E-state index in [1.165, 1.54) is 12.7 Å². The van der Waals surface area contributed by atoms with Crippen LogP contribution in [0.5, 0.6) is 5.75 Å². The molecule has 0 amide bonds. The molecule has 2 fully saturated rings. The molecule has 2 aromatic rings. The highest BCUT2D eigenvalue weighted by atomic mass is 32.2. The summed E-state index contributed by atoms with van der Waals surface area (Å²) in [6.45, 7) is 3.48. The number of hydroxylamine groups is 2. The molecule has 2 N–H and O–H groups in total. The Morgan fingerprint density at radius 3 is 2.37 bits per heavy atom. The highest BCUT2D eigenvalue weighted by molar-refractivity contribution is 7.91. The first kappa shape index (κ1) is 25.6. The standard InChI is InChI=1S/C25H33N3O6S/c1-16-12-21(33-3)13-17(2)23(16)35(31,32)15-22-27-24(25(29)30)34-28(22)20-6-4-18(5-7-20)14-19-8-10-26-11-9-19/h8-13,18,20,22,24,27H,4-7,14-15H2,1-3H3,(H,29,30). The number of ether oxygens (including phenoxy) is 1. The van der Waals surface area contributed by atoms with Gasteiger partial charge >= 0.3 is 5.97 Å². The summed E-state index contributed by atoms with van der Waals surface area (Å²) in [7, 11) is -2.20. The lowest BCUT2D eigenvalue weighted by molar-refractivity contribution is -0.204. The normalized spacial score (nSPS) is 25.5. The van der Waals surface area contributed by atoms with E-state index in [4.69, 9.17) is 9.57 Å². The first-order valence-electron chi connectivity index (χ1n) is 11.9. The maximum absolute atomic E-state index is 13.5. The van der Waals surface area contributed by atoms with E-state index in [0.29, 0.717) is 22.8 Å². The highest BCUT2D eigenvalue weighted by Gasteiger charge is 2.44. The number of carboxylic acids is 1. The van der Waals surface area contributed by atoms with E-state index in [1.54, 1.807) is 43.4 Å². The van der Waals surface area contributed by atoms with E-state index in [2.05, 4.69) is 10.3 Å². The molecule has 1 aliphatic carbocycles. The van der Waals surface area contributed by atoms with E-state index in [1.807, 2.05) is 12.1 Å². The van der Waals surface area contributed by atoms with Crippen molar-refractivity contribution < 1.29 is 27.9 Å². The van der Waals surface area contributed by atoms with Gasteiger partial charge in [0.05, 0.1) is 17.8 Å². The molecule has 2 aliphatic rings. The van der Waals surface area contributed by atoms with Gasteiger partial charge in [0.2, 0.25) is 6.23 Å². The van der Waals surface area contributed by atoms with Gasteiger partial charge in [-0.3, -0.25) is 15.1 Å². The van der Waals surface area contributed by atoms with Gasteiger partial charge in [-0.15, -0.1) is 0 Å². The average Bonchev–Trinajstić information content (AvgIpc) is 3.23. The van der Waals surface area contributed by atoms with Gasteiger partial charge in [0, 0.05) is 18.4 Å². The summed E-state index contributed by atoms with van der Waals surface area (Å²) < 4.78 is 32.2. The number of methoxy groups -OCH3 is 1. The van der Waals surface area contributed by atoms with E-state index < -0.39 is 28.2 Å². The molecule has 2 heterocycles. The molecule has 9 nitrogen and oxygen atoms in total. The number of aliphatic carboxylic acids is 1. The molecule has 0 spiro atoms. The van der Waals surface area contributed by atoms with Gasteiger partial charge in [0.25, 0.3) is 0 Å². The van der Waals surface area contributed by atoms with E-state index in [0.717, 1.165) is 32.1 Å². The van der Waals surface area contributed by atoms with Crippen molar-refractivity contribution >= 4 is 15.8 Å². The zero-order valence-electron chi connectivity index (χ0n) is 20.3.